The van der Waals surface area contributed by atoms with E-state index in [9.17, 15) is 8.78 Å². The number of rotatable bonds is 3. The van der Waals surface area contributed by atoms with Crippen molar-refractivity contribution in [3.05, 3.63) is 35.4 Å². The van der Waals surface area contributed by atoms with Crippen molar-refractivity contribution in [2.75, 3.05) is 0 Å². The van der Waals surface area contributed by atoms with E-state index in [0.29, 0.717) is 23.8 Å². The van der Waals surface area contributed by atoms with Gasteiger partial charge in [-0.3, -0.25) is 0 Å². The summed E-state index contributed by atoms with van der Waals surface area (Å²) in [5.74, 6) is 0.219. The maximum atomic E-state index is 13.7. The number of benzene rings is 1. The number of halogens is 2. The Morgan fingerprint density at radius 2 is 2.11 bits per heavy atom. The number of hydrogen-bond donors (Lipinski definition) is 1. The summed E-state index contributed by atoms with van der Waals surface area (Å²) in [5, 5.41) is 0. The normalized spacial score (nSPS) is 27.8. The van der Waals surface area contributed by atoms with E-state index in [4.69, 9.17) is 5.73 Å². The first-order valence-corrected chi connectivity index (χ1v) is 7.12. The Morgan fingerprint density at radius 1 is 1.37 bits per heavy atom. The fourth-order valence-electron chi connectivity index (χ4n) is 3.22. The highest BCUT2D eigenvalue weighted by atomic mass is 19.1. The van der Waals surface area contributed by atoms with Gasteiger partial charge in [0.15, 0.2) is 0 Å². The van der Waals surface area contributed by atoms with Crippen molar-refractivity contribution >= 4 is 0 Å². The molecule has 106 valence electrons. The second-order valence-corrected chi connectivity index (χ2v) is 6.38. The summed E-state index contributed by atoms with van der Waals surface area (Å²) in [5.41, 5.74) is 6.66. The van der Waals surface area contributed by atoms with Gasteiger partial charge in [0.25, 0.3) is 0 Å². The van der Waals surface area contributed by atoms with Crippen LogP contribution in [-0.2, 0) is 6.42 Å². The molecule has 1 aliphatic carbocycles. The molecule has 0 aliphatic heterocycles. The summed E-state index contributed by atoms with van der Waals surface area (Å²) >= 11 is 0. The molecule has 0 bridgehead atoms. The molecule has 0 radical (unpaired) electrons. The Hall–Kier alpha value is -0.960. The van der Waals surface area contributed by atoms with E-state index in [2.05, 4.69) is 13.8 Å². The van der Waals surface area contributed by atoms with Crippen LogP contribution in [0.1, 0.15) is 45.1 Å². The molecule has 1 aromatic carbocycles. The molecule has 3 heteroatoms. The van der Waals surface area contributed by atoms with Crippen molar-refractivity contribution in [3.8, 4) is 0 Å². The summed E-state index contributed by atoms with van der Waals surface area (Å²) in [4.78, 5) is 0. The van der Waals surface area contributed by atoms with Crippen LogP contribution in [0.25, 0.3) is 0 Å². The van der Waals surface area contributed by atoms with Gasteiger partial charge in [0.05, 0.1) is 0 Å². The zero-order valence-corrected chi connectivity index (χ0v) is 11.8. The van der Waals surface area contributed by atoms with Gasteiger partial charge in [-0.25, -0.2) is 8.78 Å². The van der Waals surface area contributed by atoms with Crippen LogP contribution in [0.4, 0.5) is 8.78 Å². The van der Waals surface area contributed by atoms with E-state index < -0.39 is 11.6 Å². The molecule has 0 heterocycles. The summed E-state index contributed by atoms with van der Waals surface area (Å²) in [7, 11) is 0. The fourth-order valence-corrected chi connectivity index (χ4v) is 3.22. The van der Waals surface area contributed by atoms with Crippen molar-refractivity contribution in [1.29, 1.82) is 0 Å². The second-order valence-electron chi connectivity index (χ2n) is 6.38. The molecule has 0 amide bonds. The van der Waals surface area contributed by atoms with Gasteiger partial charge >= 0.3 is 0 Å². The highest BCUT2D eigenvalue weighted by Crippen LogP contribution is 2.37. The highest BCUT2D eigenvalue weighted by molar-refractivity contribution is 5.21. The van der Waals surface area contributed by atoms with Crippen molar-refractivity contribution < 1.29 is 8.78 Å². The predicted octanol–water partition coefficient (Wildman–Crippen LogP) is 4.05. The second kappa shape index (κ2) is 5.58. The third-order valence-electron chi connectivity index (χ3n) is 4.42. The smallest absolute Gasteiger partial charge is 0.129 e. The third kappa shape index (κ3) is 3.53. The molecule has 0 aromatic heterocycles. The molecule has 1 saturated carbocycles. The molecule has 0 saturated heterocycles. The zero-order valence-electron chi connectivity index (χ0n) is 11.8. The van der Waals surface area contributed by atoms with E-state index in [-0.39, 0.29) is 5.54 Å². The van der Waals surface area contributed by atoms with Crippen LogP contribution in [0.2, 0.25) is 0 Å². The summed E-state index contributed by atoms with van der Waals surface area (Å²) < 4.78 is 26.7. The lowest BCUT2D eigenvalue weighted by atomic mass is 9.70. The largest absolute Gasteiger partial charge is 0.325 e. The van der Waals surface area contributed by atoms with E-state index in [1.807, 2.05) is 0 Å². The van der Waals surface area contributed by atoms with Gasteiger partial charge in [0.2, 0.25) is 0 Å². The Kier molecular flexibility index (Phi) is 4.24. The van der Waals surface area contributed by atoms with Crippen LogP contribution in [0.15, 0.2) is 18.2 Å². The minimum Gasteiger partial charge on any atom is -0.325 e. The quantitative estimate of drug-likeness (QED) is 0.878. The van der Waals surface area contributed by atoms with Gasteiger partial charge < -0.3 is 5.73 Å². The van der Waals surface area contributed by atoms with E-state index in [0.717, 1.165) is 25.3 Å². The summed E-state index contributed by atoms with van der Waals surface area (Å²) in [6, 6.07) is 3.78. The third-order valence-corrected chi connectivity index (χ3v) is 4.42. The molecule has 1 aromatic rings. The topological polar surface area (TPSA) is 26.0 Å². The molecule has 2 N–H and O–H groups in total. The first kappa shape index (κ1) is 14.4. The van der Waals surface area contributed by atoms with Crippen LogP contribution in [0.3, 0.4) is 0 Å². The average molecular weight is 267 g/mol. The van der Waals surface area contributed by atoms with Gasteiger partial charge in [-0.1, -0.05) is 32.8 Å². The number of hydrogen-bond acceptors (Lipinski definition) is 1. The minimum atomic E-state index is -0.531. The van der Waals surface area contributed by atoms with Gasteiger partial charge in [-0.05, 0) is 42.7 Å². The molecule has 1 aliphatic rings. The fraction of sp³-hybridized carbons (Fsp3) is 0.625. The van der Waals surface area contributed by atoms with Gasteiger partial charge in [-0.2, -0.15) is 0 Å². The molecule has 2 atom stereocenters. The first-order chi connectivity index (χ1) is 8.89. The molecule has 2 rings (SSSR count). The van der Waals surface area contributed by atoms with E-state index >= 15 is 0 Å². The Labute approximate surface area is 114 Å². The van der Waals surface area contributed by atoms with Crippen LogP contribution in [-0.4, -0.2) is 5.54 Å². The zero-order chi connectivity index (χ0) is 14.0. The Morgan fingerprint density at radius 3 is 2.74 bits per heavy atom. The number of nitrogens with two attached hydrogens (primary N) is 1. The summed E-state index contributed by atoms with van der Waals surface area (Å²) in [6.07, 6.45) is 4.67. The lowest BCUT2D eigenvalue weighted by molar-refractivity contribution is 0.181. The maximum absolute atomic E-state index is 13.7. The van der Waals surface area contributed by atoms with E-state index in [1.165, 1.54) is 18.6 Å². The van der Waals surface area contributed by atoms with Crippen LogP contribution in [0, 0.1) is 23.5 Å². The Balaban J connectivity index is 2.12. The van der Waals surface area contributed by atoms with Gasteiger partial charge in [-0.15, -0.1) is 0 Å². The molecule has 0 spiro atoms. The van der Waals surface area contributed by atoms with Gasteiger partial charge in [0, 0.05) is 11.6 Å². The lowest BCUT2D eigenvalue weighted by Crippen LogP contribution is -2.47. The average Bonchev–Trinajstić information content (AvgIpc) is 2.33. The molecule has 19 heavy (non-hydrogen) atoms. The monoisotopic (exact) mass is 267 g/mol. The first-order valence-electron chi connectivity index (χ1n) is 7.12. The van der Waals surface area contributed by atoms with Gasteiger partial charge in [0.1, 0.15) is 11.6 Å². The van der Waals surface area contributed by atoms with E-state index in [1.54, 1.807) is 0 Å². The van der Waals surface area contributed by atoms with Crippen LogP contribution >= 0.6 is 0 Å². The highest BCUT2D eigenvalue weighted by Gasteiger charge is 2.34. The molecular weight excluding hydrogens is 244 g/mol. The predicted molar refractivity (Wildman–Crippen MR) is 73.8 cm³/mol. The van der Waals surface area contributed by atoms with Crippen molar-refractivity contribution in [2.45, 2.75) is 51.5 Å². The molecule has 1 nitrogen and oxygen atoms in total. The molecule has 2 unspecified atom stereocenters. The SMILES string of the molecule is CC(C)C1CCCC(N)(Cc2ccc(F)cc2F)C1. The maximum Gasteiger partial charge on any atom is 0.129 e. The summed E-state index contributed by atoms with van der Waals surface area (Å²) in [6.45, 7) is 4.43. The van der Waals surface area contributed by atoms with Crippen molar-refractivity contribution in [1.82, 2.24) is 0 Å². The molecular formula is C16H23F2N. The minimum absolute atomic E-state index is 0.341. The lowest BCUT2D eigenvalue weighted by Gasteiger charge is -2.40. The standard InChI is InChI=1S/C16H23F2N/c1-11(2)12-4-3-7-16(19,9-12)10-13-5-6-14(17)8-15(13)18/h5-6,8,11-12H,3-4,7,9-10,19H2,1-2H3. The van der Waals surface area contributed by atoms with Crippen molar-refractivity contribution in [3.63, 3.8) is 0 Å². The molecule has 1 fully saturated rings. The van der Waals surface area contributed by atoms with Crippen molar-refractivity contribution in [2.24, 2.45) is 17.6 Å². The van der Waals surface area contributed by atoms with Crippen LogP contribution in [0.5, 0.6) is 0 Å². The van der Waals surface area contributed by atoms with Crippen LogP contribution < -0.4 is 5.73 Å². The Bertz CT molecular complexity index is 444.